The molecule has 0 aliphatic carbocycles. The van der Waals surface area contributed by atoms with Gasteiger partial charge in [0.05, 0.1) is 7.89 Å². The number of carbonyl (C=O) groups is 1. The summed E-state index contributed by atoms with van der Waals surface area (Å²) in [4.78, 5) is 10.6. The summed E-state index contributed by atoms with van der Waals surface area (Å²) < 4.78 is 27.2. The lowest BCUT2D eigenvalue weighted by Crippen LogP contribution is -2.31. The zero-order valence-electron chi connectivity index (χ0n) is 6.83. The van der Waals surface area contributed by atoms with Crippen molar-refractivity contribution in [2.24, 2.45) is 0 Å². The van der Waals surface area contributed by atoms with E-state index in [0.717, 1.165) is 0 Å². The van der Waals surface area contributed by atoms with Gasteiger partial charge in [-0.3, -0.25) is 10.2 Å². The molecule has 1 unspecified atom stereocenters. The van der Waals surface area contributed by atoms with Crippen LogP contribution in [0.4, 0.5) is 0 Å². The lowest BCUT2D eigenvalue weighted by Gasteiger charge is -1.82. The van der Waals surface area contributed by atoms with Gasteiger partial charge in [-0.15, -0.1) is 0 Å². The van der Waals surface area contributed by atoms with Crippen molar-refractivity contribution in [2.75, 3.05) is 6.52 Å². The van der Waals surface area contributed by atoms with Crippen LogP contribution in [-0.4, -0.2) is 12.4 Å². The van der Waals surface area contributed by atoms with Gasteiger partial charge in [0.15, 0.2) is 2.82 Å². The molecule has 1 amide bonds. The van der Waals surface area contributed by atoms with Crippen LogP contribution in [0.3, 0.4) is 0 Å². The molecule has 1 rings (SSSR count). The first-order valence-electron chi connectivity index (χ1n) is 3.29. The topological polar surface area (TPSA) is 53.2 Å². The van der Waals surface area contributed by atoms with Crippen LogP contribution < -0.4 is 16.4 Å². The third-order valence-electron chi connectivity index (χ3n) is 0.363. The lowest BCUT2D eigenvalue weighted by molar-refractivity contribution is -0.118. The first-order valence-corrected chi connectivity index (χ1v) is 1.37. The van der Waals surface area contributed by atoms with Crippen molar-refractivity contribution in [1.29, 1.82) is 0 Å². The van der Waals surface area contributed by atoms with Crippen molar-refractivity contribution in [3.8, 4) is 0 Å². The highest BCUT2D eigenvalue weighted by atomic mass is 16.2. The van der Waals surface area contributed by atoms with Gasteiger partial charge in [-0.2, -0.15) is 5.53 Å². The molecule has 0 radical (unpaired) electrons. The number of nitrogens with one attached hydrogen (secondary N) is 3. The molecule has 0 aromatic rings. The first-order chi connectivity index (χ1) is 4.55. The van der Waals surface area contributed by atoms with Gasteiger partial charge in [0.1, 0.15) is 1.41 Å². The van der Waals surface area contributed by atoms with E-state index >= 15 is 0 Å². The Morgan fingerprint density at radius 1 is 2.17 bits per heavy atom. The van der Waals surface area contributed by atoms with Crippen molar-refractivity contribution in [1.82, 2.24) is 16.4 Å². The molecule has 0 spiro atoms. The highest BCUT2D eigenvalue weighted by molar-refractivity contribution is 5.78. The Morgan fingerprint density at radius 3 is 3.17 bits per heavy atom. The van der Waals surface area contributed by atoms with Crippen LogP contribution in [0.1, 0.15) is 1.37 Å². The Balaban J connectivity index is 2.78. The van der Waals surface area contributed by atoms with Gasteiger partial charge in [-0.05, 0) is 0 Å². The molecule has 4 nitrogen and oxygen atoms in total. The third kappa shape index (κ3) is 0.474. The van der Waals surface area contributed by atoms with E-state index in [-0.39, 0.29) is 16.4 Å². The maximum atomic E-state index is 10.6. The summed E-state index contributed by atoms with van der Waals surface area (Å²) >= 11 is 0. The van der Waals surface area contributed by atoms with Crippen molar-refractivity contribution in [3.63, 3.8) is 0 Å². The number of amides is 1. The van der Waals surface area contributed by atoms with Crippen molar-refractivity contribution in [2.45, 2.75) is 0 Å². The minimum absolute atomic E-state index is 0.144. The maximum Gasteiger partial charge on any atom is 0.250 e. The molecule has 4 heteroatoms. The largest absolute Gasteiger partial charge is 0.277 e. The van der Waals surface area contributed by atoms with E-state index in [2.05, 4.69) is 0 Å². The van der Waals surface area contributed by atoms with Crippen LogP contribution in [0.2, 0.25) is 4.24 Å². The Labute approximate surface area is 40.6 Å². The second-order valence-corrected chi connectivity index (χ2v) is 0.772. The summed E-state index contributed by atoms with van der Waals surface area (Å²) in [5.41, 5.74) is 0.625. The van der Waals surface area contributed by atoms with Crippen molar-refractivity contribution < 1.29 is 10.4 Å². The molecule has 0 saturated carbocycles. The predicted octanol–water partition coefficient (Wildman–Crippen LogP) is -1.87. The van der Waals surface area contributed by atoms with E-state index in [1.54, 1.807) is 0 Å². The second-order valence-electron chi connectivity index (χ2n) is 0.772. The van der Waals surface area contributed by atoms with Crippen LogP contribution in [0.15, 0.2) is 0 Å². The smallest absolute Gasteiger partial charge is 0.250 e. The average molecular weight is 91.1 g/mol. The monoisotopic (exact) mass is 91.1 g/mol. The Bertz CT molecular complexity index is 149. The van der Waals surface area contributed by atoms with Crippen LogP contribution in [0.5, 0.6) is 0 Å². The molecular formula is C2H5N3O. The predicted molar refractivity (Wildman–Crippen MR) is 19.3 cm³/mol. The minimum Gasteiger partial charge on any atom is -0.277 e. The minimum atomic E-state index is -1.48. The fourth-order valence-corrected chi connectivity index (χ4v) is 0.171. The maximum absolute atomic E-state index is 10.6. The van der Waals surface area contributed by atoms with Gasteiger partial charge in [0.2, 0.25) is 0 Å². The molecule has 1 aliphatic heterocycles. The quantitative estimate of drug-likeness (QED) is 0.327. The van der Waals surface area contributed by atoms with E-state index in [1.807, 2.05) is 0 Å². The molecule has 0 aromatic carbocycles. The Morgan fingerprint density at radius 2 is 3.00 bits per heavy atom. The number of carbonyl (C=O) groups excluding carboxylic acids is 1. The molecule has 1 fully saturated rings. The molecule has 34 valence electrons. The fourth-order valence-electron chi connectivity index (χ4n) is 0.171. The Hall–Kier alpha value is -0.610. The molecule has 0 bridgehead atoms. The van der Waals surface area contributed by atoms with Gasteiger partial charge in [-0.25, -0.2) is 5.42 Å². The van der Waals surface area contributed by atoms with Gasteiger partial charge >= 0.3 is 0 Å². The molecule has 6 heavy (non-hydrogen) atoms. The zero-order valence-corrected chi connectivity index (χ0v) is 2.83. The SMILES string of the molecule is [2H]C1C(=O)N([2H])N([2H])N1[2H]. The molecule has 1 atom stereocenters. The van der Waals surface area contributed by atoms with Gasteiger partial charge in [0.25, 0.3) is 5.91 Å². The number of hydrogen-bond donors (Lipinski definition) is 3. The lowest BCUT2D eigenvalue weighted by atomic mass is 10.7. The van der Waals surface area contributed by atoms with Crippen LogP contribution in [0.25, 0.3) is 0 Å². The number of rotatable bonds is 0. The van der Waals surface area contributed by atoms with E-state index in [1.165, 1.54) is 0 Å². The molecule has 3 N–H and O–H groups in total. The van der Waals surface area contributed by atoms with E-state index in [9.17, 15) is 4.79 Å². The standard InChI is InChI=1S/C2H5N3O/c6-2-1-3-5-4-2/h3,5H,1H2,(H,4,6)/i1D/hD3. The number of hydrazine groups is 2. The van der Waals surface area contributed by atoms with E-state index < -0.39 is 12.4 Å². The first kappa shape index (κ1) is 1.18. The summed E-state index contributed by atoms with van der Waals surface area (Å²) in [5.74, 6) is -0.898. The van der Waals surface area contributed by atoms with Crippen LogP contribution in [-0.2, 0) is 4.79 Å². The normalized spacial score (nSPS) is 51.0. The van der Waals surface area contributed by atoms with E-state index in [0.29, 0.717) is 0 Å². The molecule has 1 heterocycles. The highest BCUT2D eigenvalue weighted by Gasteiger charge is 2.03. The van der Waals surface area contributed by atoms with Crippen molar-refractivity contribution >= 4 is 5.91 Å². The highest BCUT2D eigenvalue weighted by Crippen LogP contribution is 1.60. The summed E-state index contributed by atoms with van der Waals surface area (Å²) in [7, 11) is 0. The third-order valence-corrected chi connectivity index (χ3v) is 0.363. The number of hydrogen-bond acceptors (Lipinski definition) is 3. The molecule has 0 aromatic heterocycles. The zero-order chi connectivity index (χ0) is 7.89. The second kappa shape index (κ2) is 1.24. The molecular weight excluding hydrogens is 82.0 g/mol. The fraction of sp³-hybridized carbons (Fsp3) is 0.500. The molecule has 1 aliphatic rings. The average Bonchev–Trinajstić information content (AvgIpc) is 2.07. The summed E-state index contributed by atoms with van der Waals surface area (Å²) in [6.07, 6.45) is 0. The Kier molecular flexibility index (Phi) is 0.243. The van der Waals surface area contributed by atoms with Gasteiger partial charge in [0, 0.05) is 0 Å². The van der Waals surface area contributed by atoms with Crippen LogP contribution in [0, 0.1) is 0 Å². The summed E-state index contributed by atoms with van der Waals surface area (Å²) in [6.45, 7) is -1.48. The van der Waals surface area contributed by atoms with Gasteiger partial charge < -0.3 is 0 Å². The van der Waals surface area contributed by atoms with Gasteiger partial charge in [-0.1, -0.05) is 0 Å². The van der Waals surface area contributed by atoms with E-state index in [4.69, 9.17) is 5.61 Å². The van der Waals surface area contributed by atoms with Crippen LogP contribution >= 0.6 is 0 Å². The molecule has 1 saturated heterocycles. The summed E-state index contributed by atoms with van der Waals surface area (Å²) in [6, 6.07) is 0. The van der Waals surface area contributed by atoms with Crippen molar-refractivity contribution in [3.05, 3.63) is 0 Å². The summed E-state index contributed by atoms with van der Waals surface area (Å²) in [5, 5.41) is 0.